The molecule has 2 rings (SSSR count). The molecule has 0 bridgehead atoms. The molecule has 0 saturated carbocycles. The van der Waals surface area contributed by atoms with E-state index in [2.05, 4.69) is 5.32 Å². The summed E-state index contributed by atoms with van der Waals surface area (Å²) in [6.07, 6.45) is 1.48. The quantitative estimate of drug-likeness (QED) is 0.828. The lowest BCUT2D eigenvalue weighted by atomic mass is 10.1. The third-order valence-electron chi connectivity index (χ3n) is 3.57. The Bertz CT molecular complexity index is 649. The van der Waals surface area contributed by atoms with Crippen LogP contribution in [-0.2, 0) is 6.42 Å². The normalized spacial score (nSPS) is 10.4. The van der Waals surface area contributed by atoms with Gasteiger partial charge >= 0.3 is 0 Å². The van der Waals surface area contributed by atoms with E-state index >= 15 is 0 Å². The second-order valence-corrected chi connectivity index (χ2v) is 5.52. The molecule has 5 heteroatoms. The van der Waals surface area contributed by atoms with Gasteiger partial charge in [-0.2, -0.15) is 0 Å². The van der Waals surface area contributed by atoms with Crippen LogP contribution < -0.4 is 10.2 Å². The first-order valence-electron chi connectivity index (χ1n) is 7.47. The van der Waals surface area contributed by atoms with Crippen molar-refractivity contribution in [2.75, 3.05) is 25.5 Å². The van der Waals surface area contributed by atoms with Crippen LogP contribution in [0.5, 0.6) is 0 Å². The zero-order valence-electron chi connectivity index (χ0n) is 13.3. The molecule has 0 aromatic heterocycles. The minimum absolute atomic E-state index is 0.363. The van der Waals surface area contributed by atoms with E-state index in [0.717, 1.165) is 29.8 Å². The third kappa shape index (κ3) is 4.52. The van der Waals surface area contributed by atoms with Crippen LogP contribution in [0, 0.1) is 11.6 Å². The smallest absolute Gasteiger partial charge is 0.257 e. The number of nitrogens with zero attached hydrogens (tertiary/aromatic N) is 1. The molecule has 3 nitrogen and oxygen atoms in total. The molecule has 0 radical (unpaired) electrons. The second-order valence-electron chi connectivity index (χ2n) is 5.52. The largest absolute Gasteiger partial charge is 0.378 e. The highest BCUT2D eigenvalue weighted by molar-refractivity contribution is 5.94. The summed E-state index contributed by atoms with van der Waals surface area (Å²) in [5.74, 6) is -2.41. The highest BCUT2D eigenvalue weighted by atomic mass is 19.1. The van der Waals surface area contributed by atoms with E-state index in [0.29, 0.717) is 13.0 Å². The van der Waals surface area contributed by atoms with Gasteiger partial charge in [0.2, 0.25) is 0 Å². The van der Waals surface area contributed by atoms with Crippen molar-refractivity contribution in [3.8, 4) is 0 Å². The van der Waals surface area contributed by atoms with Gasteiger partial charge in [-0.3, -0.25) is 4.79 Å². The molecule has 0 saturated heterocycles. The van der Waals surface area contributed by atoms with Crippen LogP contribution in [0.4, 0.5) is 14.5 Å². The molecule has 0 heterocycles. The standard InChI is InChI=1S/C18H20F2N2O/c1-22(2)14-10-8-13(9-11-14)5-4-12-21-18(23)17-15(19)6-3-7-16(17)20/h3,6-11H,4-5,12H2,1-2H3,(H,21,23). The number of hydrogen-bond acceptors (Lipinski definition) is 2. The average Bonchev–Trinajstić information content (AvgIpc) is 2.52. The Labute approximate surface area is 134 Å². The van der Waals surface area contributed by atoms with Crippen molar-refractivity contribution in [3.05, 3.63) is 65.2 Å². The van der Waals surface area contributed by atoms with Crippen molar-refractivity contribution in [2.24, 2.45) is 0 Å². The highest BCUT2D eigenvalue weighted by Gasteiger charge is 2.16. The van der Waals surface area contributed by atoms with Gasteiger partial charge in [-0.25, -0.2) is 8.78 Å². The van der Waals surface area contributed by atoms with E-state index in [9.17, 15) is 13.6 Å². The van der Waals surface area contributed by atoms with Crippen LogP contribution >= 0.6 is 0 Å². The Balaban J connectivity index is 1.82. The molecule has 0 fully saturated rings. The molecular formula is C18H20F2N2O. The van der Waals surface area contributed by atoms with Gasteiger partial charge in [0.15, 0.2) is 0 Å². The fraction of sp³-hybridized carbons (Fsp3) is 0.278. The van der Waals surface area contributed by atoms with Crippen LogP contribution in [0.2, 0.25) is 0 Å². The summed E-state index contributed by atoms with van der Waals surface area (Å²) >= 11 is 0. The first kappa shape index (κ1) is 16.9. The fourth-order valence-electron chi connectivity index (χ4n) is 2.26. The zero-order chi connectivity index (χ0) is 16.8. The number of anilines is 1. The molecule has 0 atom stereocenters. The highest BCUT2D eigenvalue weighted by Crippen LogP contribution is 2.14. The Kier molecular flexibility index (Phi) is 5.68. The minimum Gasteiger partial charge on any atom is -0.378 e. The minimum atomic E-state index is -0.846. The number of carbonyl (C=O) groups is 1. The number of aryl methyl sites for hydroxylation is 1. The number of rotatable bonds is 6. The number of hydrogen-bond donors (Lipinski definition) is 1. The molecule has 122 valence electrons. The van der Waals surface area contributed by atoms with Crippen LogP contribution in [0.3, 0.4) is 0 Å². The molecule has 0 aliphatic rings. The summed E-state index contributed by atoms with van der Waals surface area (Å²) < 4.78 is 26.9. The van der Waals surface area contributed by atoms with Crippen molar-refractivity contribution in [3.63, 3.8) is 0 Å². The van der Waals surface area contributed by atoms with E-state index in [4.69, 9.17) is 0 Å². The van der Waals surface area contributed by atoms with Crippen LogP contribution in [0.25, 0.3) is 0 Å². The van der Waals surface area contributed by atoms with Crippen molar-refractivity contribution in [1.82, 2.24) is 5.32 Å². The van der Waals surface area contributed by atoms with E-state index < -0.39 is 23.1 Å². The number of carbonyl (C=O) groups excluding carboxylic acids is 1. The molecule has 0 aliphatic heterocycles. The van der Waals surface area contributed by atoms with Crippen LogP contribution in [0.15, 0.2) is 42.5 Å². The topological polar surface area (TPSA) is 32.3 Å². The lowest BCUT2D eigenvalue weighted by Crippen LogP contribution is -2.26. The molecule has 1 amide bonds. The molecule has 23 heavy (non-hydrogen) atoms. The summed E-state index contributed by atoms with van der Waals surface area (Å²) in [5.41, 5.74) is 1.75. The molecule has 0 spiro atoms. The number of halogens is 2. The summed E-state index contributed by atoms with van der Waals surface area (Å²) in [7, 11) is 3.96. The van der Waals surface area contributed by atoms with Crippen molar-refractivity contribution in [2.45, 2.75) is 12.8 Å². The van der Waals surface area contributed by atoms with E-state index in [1.807, 2.05) is 43.3 Å². The van der Waals surface area contributed by atoms with Crippen molar-refractivity contribution < 1.29 is 13.6 Å². The van der Waals surface area contributed by atoms with Crippen molar-refractivity contribution in [1.29, 1.82) is 0 Å². The lowest BCUT2D eigenvalue weighted by Gasteiger charge is -2.12. The summed E-state index contributed by atoms with van der Waals surface area (Å²) in [6, 6.07) is 11.5. The average molecular weight is 318 g/mol. The monoisotopic (exact) mass is 318 g/mol. The number of benzene rings is 2. The van der Waals surface area contributed by atoms with Gasteiger partial charge in [-0.1, -0.05) is 18.2 Å². The third-order valence-corrected chi connectivity index (χ3v) is 3.57. The van der Waals surface area contributed by atoms with Gasteiger partial charge in [0.25, 0.3) is 5.91 Å². The van der Waals surface area contributed by atoms with Gasteiger partial charge in [0, 0.05) is 26.3 Å². The zero-order valence-corrected chi connectivity index (χ0v) is 13.3. The lowest BCUT2D eigenvalue weighted by molar-refractivity contribution is 0.0945. The Morgan fingerprint density at radius 2 is 1.65 bits per heavy atom. The van der Waals surface area contributed by atoms with Gasteiger partial charge in [-0.05, 0) is 42.7 Å². The molecule has 2 aromatic carbocycles. The number of nitrogens with one attached hydrogen (secondary N) is 1. The molecular weight excluding hydrogens is 298 g/mol. The van der Waals surface area contributed by atoms with Gasteiger partial charge in [0.05, 0.1) is 0 Å². The predicted molar refractivity (Wildman–Crippen MR) is 87.8 cm³/mol. The number of amides is 1. The molecule has 0 aliphatic carbocycles. The van der Waals surface area contributed by atoms with Crippen LogP contribution in [-0.4, -0.2) is 26.5 Å². The predicted octanol–water partition coefficient (Wildman–Crippen LogP) is 3.39. The second kappa shape index (κ2) is 7.72. The Hall–Kier alpha value is -2.43. The molecule has 1 N–H and O–H groups in total. The first-order valence-corrected chi connectivity index (χ1v) is 7.47. The summed E-state index contributed by atoms with van der Waals surface area (Å²) in [4.78, 5) is 13.8. The first-order chi connectivity index (χ1) is 11.0. The van der Waals surface area contributed by atoms with Gasteiger partial charge in [-0.15, -0.1) is 0 Å². The molecule has 0 unspecified atom stereocenters. The van der Waals surface area contributed by atoms with Crippen molar-refractivity contribution >= 4 is 11.6 Å². The Morgan fingerprint density at radius 1 is 1.04 bits per heavy atom. The maximum atomic E-state index is 13.5. The van der Waals surface area contributed by atoms with E-state index in [1.165, 1.54) is 6.07 Å². The maximum absolute atomic E-state index is 13.5. The fourth-order valence-corrected chi connectivity index (χ4v) is 2.26. The van der Waals surface area contributed by atoms with Gasteiger partial charge in [0.1, 0.15) is 17.2 Å². The SMILES string of the molecule is CN(C)c1ccc(CCCNC(=O)c2c(F)cccc2F)cc1. The Morgan fingerprint density at radius 3 is 2.22 bits per heavy atom. The van der Waals surface area contributed by atoms with E-state index in [1.54, 1.807) is 0 Å². The van der Waals surface area contributed by atoms with Gasteiger partial charge < -0.3 is 10.2 Å². The maximum Gasteiger partial charge on any atom is 0.257 e. The van der Waals surface area contributed by atoms with Crippen LogP contribution in [0.1, 0.15) is 22.3 Å². The molecule has 2 aromatic rings. The van der Waals surface area contributed by atoms with E-state index in [-0.39, 0.29) is 0 Å². The summed E-state index contributed by atoms with van der Waals surface area (Å²) in [6.45, 7) is 0.363. The summed E-state index contributed by atoms with van der Waals surface area (Å²) in [5, 5.41) is 2.55.